The molecule has 0 fully saturated rings. The second-order valence-electron chi connectivity index (χ2n) is 6.64. The van der Waals surface area contributed by atoms with Gasteiger partial charge in [-0.05, 0) is 59.7 Å². The van der Waals surface area contributed by atoms with Crippen molar-refractivity contribution in [1.82, 2.24) is 9.97 Å². The van der Waals surface area contributed by atoms with Crippen molar-refractivity contribution < 1.29 is 9.18 Å². The summed E-state index contributed by atoms with van der Waals surface area (Å²) in [5, 5.41) is 2.83. The lowest BCUT2D eigenvalue weighted by molar-refractivity contribution is 0.102. The van der Waals surface area contributed by atoms with E-state index in [1.54, 1.807) is 42.6 Å². The van der Waals surface area contributed by atoms with Gasteiger partial charge in [-0.15, -0.1) is 0 Å². The van der Waals surface area contributed by atoms with Crippen LogP contribution in [0.4, 0.5) is 15.8 Å². The number of aromatic nitrogens is 2. The van der Waals surface area contributed by atoms with E-state index in [1.165, 1.54) is 30.1 Å². The quantitative estimate of drug-likeness (QED) is 0.401. The van der Waals surface area contributed by atoms with Crippen LogP contribution in [0.5, 0.6) is 0 Å². The first-order chi connectivity index (χ1) is 15.0. The van der Waals surface area contributed by atoms with Crippen LogP contribution in [0.25, 0.3) is 11.1 Å². The van der Waals surface area contributed by atoms with Crippen LogP contribution in [0.1, 0.15) is 10.4 Å². The molecule has 0 saturated carbocycles. The second-order valence-corrected chi connectivity index (χ2v) is 7.79. The van der Waals surface area contributed by atoms with Gasteiger partial charge in [0.2, 0.25) is 0 Å². The minimum absolute atomic E-state index is 0.301. The molecule has 4 rings (SSSR count). The molecule has 0 aliphatic carbocycles. The average molecular weight is 432 g/mol. The molecule has 0 unspecified atom stereocenters. The van der Waals surface area contributed by atoms with Gasteiger partial charge in [0.15, 0.2) is 0 Å². The molecule has 1 aromatic heterocycles. The number of nitrogens with zero attached hydrogens (tertiary/aromatic N) is 1. The number of carbonyl (C=O) groups is 1. The normalized spacial score (nSPS) is 10.6. The van der Waals surface area contributed by atoms with Gasteiger partial charge in [0, 0.05) is 27.7 Å². The van der Waals surface area contributed by atoms with Crippen LogP contribution in [0, 0.1) is 5.82 Å². The van der Waals surface area contributed by atoms with E-state index >= 15 is 0 Å². The number of nitrogens with two attached hydrogens (primary N) is 1. The van der Waals surface area contributed by atoms with Gasteiger partial charge in [0.1, 0.15) is 5.82 Å². The molecule has 1 amide bonds. The molecule has 4 aromatic rings. The summed E-state index contributed by atoms with van der Waals surface area (Å²) in [6, 6.07) is 18.4. The molecular weight excluding hydrogens is 415 g/mol. The number of H-pyrrole nitrogens is 1. The molecule has 0 aliphatic rings. The number of amides is 1. The fraction of sp³-hybridized carbons (Fsp3) is 0. The van der Waals surface area contributed by atoms with Crippen molar-refractivity contribution in [3.8, 4) is 11.1 Å². The van der Waals surface area contributed by atoms with Gasteiger partial charge in [-0.2, -0.15) is 0 Å². The molecule has 0 bridgehead atoms. The summed E-state index contributed by atoms with van der Waals surface area (Å²) in [6.07, 6.45) is 3.07. The van der Waals surface area contributed by atoms with E-state index in [4.69, 9.17) is 5.73 Å². The number of nitrogen functional groups attached to an aromatic ring is 1. The number of nitrogens with one attached hydrogen (secondary N) is 2. The van der Waals surface area contributed by atoms with Crippen LogP contribution in [-0.2, 0) is 0 Å². The zero-order chi connectivity index (χ0) is 21.8. The molecule has 0 spiro atoms. The van der Waals surface area contributed by atoms with E-state index < -0.39 is 5.69 Å². The maximum absolute atomic E-state index is 13.2. The lowest BCUT2D eigenvalue weighted by Gasteiger charge is -2.11. The van der Waals surface area contributed by atoms with Gasteiger partial charge in [-0.1, -0.05) is 30.0 Å². The number of carbonyl (C=O) groups excluding carboxylic acids is 1. The summed E-state index contributed by atoms with van der Waals surface area (Å²) in [5.41, 5.74) is 8.62. The van der Waals surface area contributed by atoms with E-state index in [1.807, 2.05) is 18.2 Å². The van der Waals surface area contributed by atoms with Crippen molar-refractivity contribution in [3.05, 3.63) is 101 Å². The van der Waals surface area contributed by atoms with Gasteiger partial charge in [0.25, 0.3) is 5.91 Å². The first kappa shape index (κ1) is 20.4. The third-order valence-corrected chi connectivity index (χ3v) is 5.45. The van der Waals surface area contributed by atoms with E-state index in [9.17, 15) is 14.0 Å². The first-order valence-electron chi connectivity index (χ1n) is 9.27. The van der Waals surface area contributed by atoms with E-state index in [-0.39, 0.29) is 11.7 Å². The second kappa shape index (κ2) is 8.85. The number of hydrogen-bond acceptors (Lipinski definition) is 5. The van der Waals surface area contributed by atoms with Gasteiger partial charge in [-0.3, -0.25) is 4.79 Å². The molecule has 4 N–H and O–H groups in total. The highest BCUT2D eigenvalue weighted by atomic mass is 32.2. The van der Waals surface area contributed by atoms with E-state index in [0.717, 1.165) is 20.9 Å². The molecular formula is C23H17FN4O2S. The zero-order valence-electron chi connectivity index (χ0n) is 16.1. The molecule has 31 heavy (non-hydrogen) atoms. The van der Waals surface area contributed by atoms with E-state index in [0.29, 0.717) is 16.9 Å². The van der Waals surface area contributed by atoms with Crippen LogP contribution >= 0.6 is 11.8 Å². The molecule has 0 radical (unpaired) electrons. The number of halogens is 1. The van der Waals surface area contributed by atoms with Crippen molar-refractivity contribution in [2.75, 3.05) is 11.1 Å². The Morgan fingerprint density at radius 3 is 2.35 bits per heavy atom. The molecule has 8 heteroatoms. The fourth-order valence-corrected chi connectivity index (χ4v) is 3.64. The Labute approximate surface area is 181 Å². The zero-order valence-corrected chi connectivity index (χ0v) is 16.9. The Bertz CT molecular complexity index is 1270. The molecule has 0 aliphatic heterocycles. The number of hydrogen-bond donors (Lipinski definition) is 3. The Hall–Kier alpha value is -3.91. The SMILES string of the molecule is Nc1ccc(-c2ccc(F)cc2)cc1NC(=O)c1ccc(Sc2cnc(=O)[nH]c2)cc1. The number of aromatic amines is 1. The largest absolute Gasteiger partial charge is 0.397 e. The summed E-state index contributed by atoms with van der Waals surface area (Å²) in [4.78, 5) is 31.6. The predicted octanol–water partition coefficient (Wildman–Crippen LogP) is 4.56. The summed E-state index contributed by atoms with van der Waals surface area (Å²) in [6.45, 7) is 0. The maximum atomic E-state index is 13.2. The summed E-state index contributed by atoms with van der Waals surface area (Å²) < 4.78 is 13.2. The average Bonchev–Trinajstić information content (AvgIpc) is 2.78. The molecule has 1 heterocycles. The monoisotopic (exact) mass is 432 g/mol. The highest BCUT2D eigenvalue weighted by Crippen LogP contribution is 2.29. The van der Waals surface area contributed by atoms with Crippen LogP contribution < -0.4 is 16.7 Å². The van der Waals surface area contributed by atoms with Gasteiger partial charge in [0.05, 0.1) is 11.4 Å². The lowest BCUT2D eigenvalue weighted by atomic mass is 10.0. The van der Waals surface area contributed by atoms with Crippen LogP contribution in [0.3, 0.4) is 0 Å². The third kappa shape index (κ3) is 4.99. The maximum Gasteiger partial charge on any atom is 0.344 e. The Morgan fingerprint density at radius 1 is 0.968 bits per heavy atom. The number of anilines is 2. The minimum Gasteiger partial charge on any atom is -0.397 e. The minimum atomic E-state index is -0.404. The third-order valence-electron chi connectivity index (χ3n) is 4.48. The van der Waals surface area contributed by atoms with Crippen molar-refractivity contribution in [3.63, 3.8) is 0 Å². The standard InChI is InChI=1S/C23H17FN4O2S/c24-17-6-1-14(2-7-17)16-5-10-20(25)21(11-16)28-22(29)15-3-8-18(9-4-15)31-19-12-26-23(30)27-13-19/h1-13H,25H2,(H,28,29)(H,26,27,30). The Kier molecular flexibility index (Phi) is 5.81. The molecule has 3 aromatic carbocycles. The van der Waals surface area contributed by atoms with Gasteiger partial charge >= 0.3 is 5.69 Å². The molecule has 154 valence electrons. The Balaban J connectivity index is 1.48. The lowest BCUT2D eigenvalue weighted by Crippen LogP contribution is -2.13. The predicted molar refractivity (Wildman–Crippen MR) is 120 cm³/mol. The molecule has 0 atom stereocenters. The summed E-state index contributed by atoms with van der Waals surface area (Å²) in [7, 11) is 0. The van der Waals surface area contributed by atoms with Crippen molar-refractivity contribution in [1.29, 1.82) is 0 Å². The van der Waals surface area contributed by atoms with Crippen LogP contribution in [0.2, 0.25) is 0 Å². The highest BCUT2D eigenvalue weighted by Gasteiger charge is 2.10. The van der Waals surface area contributed by atoms with Crippen molar-refractivity contribution in [2.24, 2.45) is 0 Å². The summed E-state index contributed by atoms with van der Waals surface area (Å²) in [5.74, 6) is -0.614. The van der Waals surface area contributed by atoms with E-state index in [2.05, 4.69) is 15.3 Å². The van der Waals surface area contributed by atoms with Gasteiger partial charge < -0.3 is 16.0 Å². The first-order valence-corrected chi connectivity index (χ1v) is 10.1. The smallest absolute Gasteiger partial charge is 0.344 e. The summed E-state index contributed by atoms with van der Waals surface area (Å²) >= 11 is 1.41. The topological polar surface area (TPSA) is 101 Å². The Morgan fingerprint density at radius 2 is 1.68 bits per heavy atom. The highest BCUT2D eigenvalue weighted by molar-refractivity contribution is 7.99. The van der Waals surface area contributed by atoms with Crippen molar-refractivity contribution in [2.45, 2.75) is 9.79 Å². The molecule has 0 saturated heterocycles. The molecule has 6 nitrogen and oxygen atoms in total. The van der Waals surface area contributed by atoms with Crippen LogP contribution in [0.15, 0.2) is 93.7 Å². The fourth-order valence-electron chi connectivity index (χ4n) is 2.88. The number of rotatable bonds is 5. The van der Waals surface area contributed by atoms with Crippen LogP contribution in [-0.4, -0.2) is 15.9 Å². The van der Waals surface area contributed by atoms with Gasteiger partial charge in [-0.25, -0.2) is 14.2 Å². The number of benzene rings is 3. The van der Waals surface area contributed by atoms with Crippen molar-refractivity contribution >= 4 is 29.0 Å².